The van der Waals surface area contributed by atoms with Crippen molar-refractivity contribution in [2.75, 3.05) is 36.6 Å². The average molecular weight is 304 g/mol. The van der Waals surface area contributed by atoms with Gasteiger partial charge in [-0.2, -0.15) is 0 Å². The van der Waals surface area contributed by atoms with E-state index in [4.69, 9.17) is 15.7 Å². The summed E-state index contributed by atoms with van der Waals surface area (Å²) in [7, 11) is 0. The fourth-order valence-electron chi connectivity index (χ4n) is 1.70. The minimum Gasteiger partial charge on any atom is -0.394 e. The van der Waals surface area contributed by atoms with E-state index in [1.54, 1.807) is 0 Å². The molecule has 2 rings (SSSR count). The van der Waals surface area contributed by atoms with Crippen molar-refractivity contribution in [3.8, 4) is 0 Å². The largest absolute Gasteiger partial charge is 0.394 e. The molecule has 0 amide bonds. The third-order valence-corrected chi connectivity index (χ3v) is 3.28. The minimum atomic E-state index is -0.181. The monoisotopic (exact) mass is 303 g/mol. The summed E-state index contributed by atoms with van der Waals surface area (Å²) < 4.78 is 6.09. The number of aliphatic hydroxyl groups excluding tert-OH is 1. The zero-order chi connectivity index (χ0) is 12.3. The van der Waals surface area contributed by atoms with Crippen molar-refractivity contribution in [1.29, 1.82) is 0 Å². The Kier molecular flexibility index (Phi) is 4.11. The van der Waals surface area contributed by atoms with Crippen LogP contribution in [0.1, 0.15) is 0 Å². The van der Waals surface area contributed by atoms with E-state index in [1.807, 2.05) is 4.90 Å². The van der Waals surface area contributed by atoms with Crippen LogP contribution in [0.25, 0.3) is 0 Å². The van der Waals surface area contributed by atoms with Crippen LogP contribution in [-0.2, 0) is 4.74 Å². The molecule has 1 aliphatic heterocycles. The lowest BCUT2D eigenvalue weighted by molar-refractivity contribution is 0.00332. The molecule has 0 radical (unpaired) electrons. The summed E-state index contributed by atoms with van der Waals surface area (Å²) in [5, 5.41) is 9.10. The lowest BCUT2D eigenvalue weighted by Crippen LogP contribution is -2.44. The number of nitrogen functional groups attached to an aromatic ring is 1. The molecule has 1 saturated heterocycles. The van der Waals surface area contributed by atoms with E-state index in [0.29, 0.717) is 23.4 Å². The van der Waals surface area contributed by atoms with Gasteiger partial charge in [-0.05, 0) is 15.9 Å². The van der Waals surface area contributed by atoms with Gasteiger partial charge in [0.05, 0.1) is 19.3 Å². The highest BCUT2D eigenvalue weighted by Gasteiger charge is 2.23. The van der Waals surface area contributed by atoms with Gasteiger partial charge in [0.2, 0.25) is 0 Å². The number of nitrogens with one attached hydrogen (secondary N) is 1. The molecule has 1 aliphatic rings. The molecule has 1 unspecified atom stereocenters. The van der Waals surface area contributed by atoms with Gasteiger partial charge in [0.25, 0.3) is 0 Å². The first-order valence-corrected chi connectivity index (χ1v) is 6.00. The Morgan fingerprint density at radius 2 is 2.47 bits per heavy atom. The van der Waals surface area contributed by atoms with Crippen molar-refractivity contribution >= 4 is 27.6 Å². The molecule has 0 saturated carbocycles. The molecule has 1 atom stereocenters. The Morgan fingerprint density at radius 3 is 3.18 bits per heavy atom. The number of hydrazine groups is 1. The van der Waals surface area contributed by atoms with Crippen LogP contribution in [-0.4, -0.2) is 47.5 Å². The quantitative estimate of drug-likeness (QED) is 0.522. The highest BCUT2D eigenvalue weighted by atomic mass is 79.9. The van der Waals surface area contributed by atoms with Gasteiger partial charge in [-0.25, -0.2) is 15.8 Å². The number of ether oxygens (including phenoxy) is 1. The molecule has 0 bridgehead atoms. The molecule has 7 nitrogen and oxygen atoms in total. The highest BCUT2D eigenvalue weighted by Crippen LogP contribution is 2.29. The Labute approximate surface area is 107 Å². The third kappa shape index (κ3) is 2.65. The number of anilines is 2. The van der Waals surface area contributed by atoms with E-state index in [1.165, 1.54) is 6.33 Å². The lowest BCUT2D eigenvalue weighted by Gasteiger charge is -2.33. The van der Waals surface area contributed by atoms with Gasteiger partial charge >= 0.3 is 0 Å². The number of aromatic nitrogens is 2. The first kappa shape index (κ1) is 12.5. The molecule has 0 spiro atoms. The predicted molar refractivity (Wildman–Crippen MR) is 66.6 cm³/mol. The van der Waals surface area contributed by atoms with Gasteiger partial charge in [-0.15, -0.1) is 0 Å². The van der Waals surface area contributed by atoms with Crippen molar-refractivity contribution in [1.82, 2.24) is 9.97 Å². The Morgan fingerprint density at radius 1 is 1.65 bits per heavy atom. The summed E-state index contributed by atoms with van der Waals surface area (Å²) >= 11 is 3.41. The van der Waals surface area contributed by atoms with E-state index in [-0.39, 0.29) is 12.7 Å². The van der Waals surface area contributed by atoms with Gasteiger partial charge in [0, 0.05) is 13.1 Å². The summed E-state index contributed by atoms with van der Waals surface area (Å²) in [5.74, 6) is 6.62. The topological polar surface area (TPSA) is 96.5 Å². The van der Waals surface area contributed by atoms with Crippen LogP contribution in [0.3, 0.4) is 0 Å². The van der Waals surface area contributed by atoms with Gasteiger partial charge in [0.15, 0.2) is 5.82 Å². The Hall–Kier alpha value is -0.960. The van der Waals surface area contributed by atoms with E-state index in [2.05, 4.69) is 31.3 Å². The van der Waals surface area contributed by atoms with Crippen molar-refractivity contribution in [2.45, 2.75) is 6.10 Å². The zero-order valence-corrected chi connectivity index (χ0v) is 10.7. The number of nitrogens with two attached hydrogens (primary N) is 1. The maximum atomic E-state index is 9.10. The summed E-state index contributed by atoms with van der Waals surface area (Å²) in [4.78, 5) is 10.2. The molecule has 1 fully saturated rings. The molecule has 1 aromatic rings. The summed E-state index contributed by atoms with van der Waals surface area (Å²) in [6.07, 6.45) is 1.26. The molecule has 17 heavy (non-hydrogen) atoms. The van der Waals surface area contributed by atoms with Gasteiger partial charge in [-0.3, -0.25) is 0 Å². The molecular formula is C9H14BrN5O2. The zero-order valence-electron chi connectivity index (χ0n) is 9.14. The lowest BCUT2D eigenvalue weighted by atomic mass is 10.3. The fourth-order valence-corrected chi connectivity index (χ4v) is 2.27. The Balaban J connectivity index is 2.21. The van der Waals surface area contributed by atoms with Crippen LogP contribution >= 0.6 is 15.9 Å². The van der Waals surface area contributed by atoms with Crippen molar-refractivity contribution in [3.05, 3.63) is 10.8 Å². The molecule has 0 aliphatic carbocycles. The minimum absolute atomic E-state index is 0.00119. The fraction of sp³-hybridized carbons (Fsp3) is 0.556. The average Bonchev–Trinajstić information content (AvgIpc) is 2.39. The highest BCUT2D eigenvalue weighted by molar-refractivity contribution is 9.10. The normalized spacial score (nSPS) is 20.4. The number of hydrogen-bond donors (Lipinski definition) is 3. The first-order valence-electron chi connectivity index (χ1n) is 5.20. The number of aliphatic hydroxyl groups is 1. The number of nitrogens with zero attached hydrogens (tertiary/aromatic N) is 3. The molecule has 8 heteroatoms. The maximum Gasteiger partial charge on any atom is 0.159 e. The number of morpholine rings is 1. The van der Waals surface area contributed by atoms with Gasteiger partial charge < -0.3 is 20.2 Å². The van der Waals surface area contributed by atoms with Crippen LogP contribution in [0.4, 0.5) is 11.6 Å². The summed E-state index contributed by atoms with van der Waals surface area (Å²) in [6, 6.07) is 0. The molecular weight excluding hydrogens is 290 g/mol. The van der Waals surface area contributed by atoms with Crippen molar-refractivity contribution in [2.24, 2.45) is 5.84 Å². The molecule has 4 N–H and O–H groups in total. The van der Waals surface area contributed by atoms with Gasteiger partial charge in [0.1, 0.15) is 16.6 Å². The van der Waals surface area contributed by atoms with Crippen LogP contribution in [0.2, 0.25) is 0 Å². The molecule has 94 valence electrons. The summed E-state index contributed by atoms with van der Waals surface area (Å²) in [6.45, 7) is 1.88. The maximum absolute atomic E-state index is 9.10. The number of halogens is 1. The number of hydrogen-bond acceptors (Lipinski definition) is 7. The second kappa shape index (κ2) is 5.58. The second-order valence-electron chi connectivity index (χ2n) is 3.63. The molecule has 2 heterocycles. The smallest absolute Gasteiger partial charge is 0.159 e. The van der Waals surface area contributed by atoms with Crippen LogP contribution < -0.4 is 16.2 Å². The molecule has 0 aromatic carbocycles. The van der Waals surface area contributed by atoms with Crippen molar-refractivity contribution in [3.63, 3.8) is 0 Å². The van der Waals surface area contributed by atoms with Crippen LogP contribution in [0.5, 0.6) is 0 Å². The van der Waals surface area contributed by atoms with E-state index < -0.39 is 0 Å². The first-order chi connectivity index (χ1) is 8.26. The van der Waals surface area contributed by atoms with E-state index >= 15 is 0 Å². The van der Waals surface area contributed by atoms with Gasteiger partial charge in [-0.1, -0.05) is 0 Å². The van der Waals surface area contributed by atoms with Crippen molar-refractivity contribution < 1.29 is 9.84 Å². The Bertz CT molecular complexity index is 392. The van der Waals surface area contributed by atoms with E-state index in [0.717, 1.165) is 12.4 Å². The number of rotatable bonds is 3. The SMILES string of the molecule is NNc1ncnc(N2CCOC(CO)C2)c1Br. The second-order valence-corrected chi connectivity index (χ2v) is 4.42. The predicted octanol–water partition coefficient (Wildman–Crippen LogP) is -0.278. The third-order valence-electron chi connectivity index (χ3n) is 2.55. The molecule has 1 aromatic heterocycles. The van der Waals surface area contributed by atoms with Crippen LogP contribution in [0.15, 0.2) is 10.8 Å². The van der Waals surface area contributed by atoms with Crippen LogP contribution in [0, 0.1) is 0 Å². The summed E-state index contributed by atoms with van der Waals surface area (Å²) in [5.41, 5.74) is 2.49. The van der Waals surface area contributed by atoms with E-state index in [9.17, 15) is 0 Å². The standard InChI is InChI=1S/C9H14BrN5O2/c10-7-8(14-11)12-5-13-9(7)15-1-2-17-6(3-15)4-16/h5-6,16H,1-4,11H2,(H,12,13,14).